The van der Waals surface area contributed by atoms with Gasteiger partial charge in [0.1, 0.15) is 6.04 Å². The molecule has 1 rings (SSSR count). The lowest BCUT2D eigenvalue weighted by molar-refractivity contribution is -0.143. The number of aliphatic carboxylic acids is 1. The molecule has 1 aliphatic rings. The second-order valence-corrected chi connectivity index (χ2v) is 4.97. The molecule has 2 unspecified atom stereocenters. The van der Waals surface area contributed by atoms with Gasteiger partial charge >= 0.3 is 5.97 Å². The molecule has 0 aromatic heterocycles. The largest absolute Gasteiger partial charge is 0.480 e. The second-order valence-electron chi connectivity index (χ2n) is 4.97. The van der Waals surface area contributed by atoms with Gasteiger partial charge in [-0.05, 0) is 24.7 Å². The van der Waals surface area contributed by atoms with E-state index in [1.54, 1.807) is 0 Å². The monoisotopic (exact) mass is 242 g/mol. The molecule has 0 aromatic rings. The van der Waals surface area contributed by atoms with Crippen LogP contribution >= 0.6 is 0 Å². The zero-order valence-electron chi connectivity index (χ0n) is 10.5. The van der Waals surface area contributed by atoms with Crippen molar-refractivity contribution in [3.8, 4) is 0 Å². The standard InChI is InChI=1S/C12H22N2O3/c1-3-7(2)11(12(16)17)14-10(15)6-9(13)8-4-5-8/h7-9,11H,3-6,13H2,1-2H3,(H,14,15)(H,16,17)/t7?,9?,11-/m0/s1. The maximum absolute atomic E-state index is 11.7. The summed E-state index contributed by atoms with van der Waals surface area (Å²) in [4.78, 5) is 22.7. The molecule has 17 heavy (non-hydrogen) atoms. The summed E-state index contributed by atoms with van der Waals surface area (Å²) in [5, 5.41) is 11.6. The van der Waals surface area contributed by atoms with Gasteiger partial charge in [-0.15, -0.1) is 0 Å². The molecule has 1 amide bonds. The summed E-state index contributed by atoms with van der Waals surface area (Å²) in [6, 6.07) is -0.930. The lowest BCUT2D eigenvalue weighted by atomic mass is 9.99. The zero-order chi connectivity index (χ0) is 13.0. The average Bonchev–Trinajstić information content (AvgIpc) is 3.08. The number of nitrogens with one attached hydrogen (secondary N) is 1. The summed E-state index contributed by atoms with van der Waals surface area (Å²) in [5.41, 5.74) is 5.83. The van der Waals surface area contributed by atoms with Crippen molar-refractivity contribution in [2.75, 3.05) is 0 Å². The Morgan fingerprint density at radius 1 is 1.47 bits per heavy atom. The number of carboxylic acid groups (broad SMARTS) is 1. The van der Waals surface area contributed by atoms with Gasteiger partial charge in [-0.25, -0.2) is 4.79 Å². The van der Waals surface area contributed by atoms with E-state index >= 15 is 0 Å². The lowest BCUT2D eigenvalue weighted by Gasteiger charge is -2.21. The van der Waals surface area contributed by atoms with Crippen molar-refractivity contribution in [2.24, 2.45) is 17.6 Å². The van der Waals surface area contributed by atoms with Gasteiger partial charge in [-0.2, -0.15) is 0 Å². The molecular formula is C12H22N2O3. The minimum atomic E-state index is -0.979. The summed E-state index contributed by atoms with van der Waals surface area (Å²) in [6.07, 6.45) is 3.11. The Kier molecular flexibility index (Phi) is 4.93. The van der Waals surface area contributed by atoms with Crippen LogP contribution in [0.3, 0.4) is 0 Å². The Morgan fingerprint density at radius 3 is 2.47 bits per heavy atom. The predicted molar refractivity (Wildman–Crippen MR) is 64.3 cm³/mol. The molecule has 0 aliphatic heterocycles. The molecule has 0 radical (unpaired) electrons. The molecular weight excluding hydrogens is 220 g/mol. The predicted octanol–water partition coefficient (Wildman–Crippen LogP) is 0.729. The van der Waals surface area contributed by atoms with Crippen molar-refractivity contribution < 1.29 is 14.7 Å². The van der Waals surface area contributed by atoms with Crippen LogP contribution in [0.4, 0.5) is 0 Å². The van der Waals surface area contributed by atoms with E-state index in [9.17, 15) is 9.59 Å². The van der Waals surface area contributed by atoms with Gasteiger partial charge in [0.2, 0.25) is 5.91 Å². The van der Waals surface area contributed by atoms with Crippen LogP contribution in [0.5, 0.6) is 0 Å². The van der Waals surface area contributed by atoms with E-state index in [2.05, 4.69) is 5.32 Å². The molecule has 0 spiro atoms. The molecule has 0 heterocycles. The van der Waals surface area contributed by atoms with Crippen LogP contribution in [0.25, 0.3) is 0 Å². The Labute approximate surface area is 102 Å². The van der Waals surface area contributed by atoms with Crippen LogP contribution in [0.2, 0.25) is 0 Å². The smallest absolute Gasteiger partial charge is 0.326 e. The molecule has 0 saturated heterocycles. The fourth-order valence-corrected chi connectivity index (χ4v) is 1.82. The molecule has 0 aromatic carbocycles. The highest BCUT2D eigenvalue weighted by atomic mass is 16.4. The molecule has 98 valence electrons. The Hall–Kier alpha value is -1.10. The van der Waals surface area contributed by atoms with Gasteiger partial charge < -0.3 is 16.2 Å². The SMILES string of the molecule is CCC(C)[C@H](NC(=O)CC(N)C1CC1)C(=O)O. The maximum Gasteiger partial charge on any atom is 0.326 e. The molecule has 1 fully saturated rings. The van der Waals surface area contributed by atoms with Gasteiger partial charge in [0, 0.05) is 12.5 Å². The number of carboxylic acids is 1. The van der Waals surface area contributed by atoms with Crippen LogP contribution < -0.4 is 11.1 Å². The van der Waals surface area contributed by atoms with E-state index in [0.29, 0.717) is 12.3 Å². The van der Waals surface area contributed by atoms with Crippen molar-refractivity contribution >= 4 is 11.9 Å². The van der Waals surface area contributed by atoms with Gasteiger partial charge in [-0.1, -0.05) is 20.3 Å². The Balaban J connectivity index is 2.42. The van der Waals surface area contributed by atoms with Crippen molar-refractivity contribution in [3.63, 3.8) is 0 Å². The first-order valence-electron chi connectivity index (χ1n) is 6.23. The summed E-state index contributed by atoms with van der Waals surface area (Å²) in [7, 11) is 0. The van der Waals surface area contributed by atoms with Crippen molar-refractivity contribution in [2.45, 2.75) is 51.6 Å². The third kappa shape index (κ3) is 4.34. The van der Waals surface area contributed by atoms with E-state index in [-0.39, 0.29) is 24.3 Å². The molecule has 0 bridgehead atoms. The molecule has 4 N–H and O–H groups in total. The third-order valence-corrected chi connectivity index (χ3v) is 3.44. The van der Waals surface area contributed by atoms with Crippen molar-refractivity contribution in [1.29, 1.82) is 0 Å². The third-order valence-electron chi connectivity index (χ3n) is 3.44. The number of carbonyl (C=O) groups excluding carboxylic acids is 1. The van der Waals surface area contributed by atoms with E-state index in [1.807, 2.05) is 13.8 Å². The zero-order valence-corrected chi connectivity index (χ0v) is 10.5. The van der Waals surface area contributed by atoms with Gasteiger partial charge in [0.25, 0.3) is 0 Å². The van der Waals surface area contributed by atoms with Crippen LogP contribution in [0.1, 0.15) is 39.5 Å². The first kappa shape index (κ1) is 14.0. The normalized spacial score (nSPS) is 20.4. The number of hydrogen-bond acceptors (Lipinski definition) is 3. The molecule has 3 atom stereocenters. The van der Waals surface area contributed by atoms with Crippen LogP contribution in [-0.2, 0) is 9.59 Å². The fraction of sp³-hybridized carbons (Fsp3) is 0.833. The van der Waals surface area contributed by atoms with Crippen LogP contribution in [-0.4, -0.2) is 29.1 Å². The summed E-state index contributed by atoms with van der Waals surface area (Å²) in [5.74, 6) is -0.856. The molecule has 1 aliphatic carbocycles. The average molecular weight is 242 g/mol. The molecule has 5 heteroatoms. The summed E-state index contributed by atoms with van der Waals surface area (Å²) in [6.45, 7) is 3.72. The molecule has 5 nitrogen and oxygen atoms in total. The van der Waals surface area contributed by atoms with E-state index < -0.39 is 12.0 Å². The highest BCUT2D eigenvalue weighted by Crippen LogP contribution is 2.32. The van der Waals surface area contributed by atoms with Crippen LogP contribution in [0, 0.1) is 11.8 Å². The number of carbonyl (C=O) groups is 2. The second kappa shape index (κ2) is 6.00. The van der Waals surface area contributed by atoms with Crippen LogP contribution in [0.15, 0.2) is 0 Å². The summed E-state index contributed by atoms with van der Waals surface area (Å²) < 4.78 is 0. The lowest BCUT2D eigenvalue weighted by Crippen LogP contribution is -2.46. The first-order chi connectivity index (χ1) is 7.95. The maximum atomic E-state index is 11.7. The van der Waals surface area contributed by atoms with Crippen molar-refractivity contribution in [1.82, 2.24) is 5.32 Å². The van der Waals surface area contributed by atoms with E-state index in [4.69, 9.17) is 10.8 Å². The Morgan fingerprint density at radius 2 is 2.06 bits per heavy atom. The number of amides is 1. The van der Waals surface area contributed by atoms with Gasteiger partial charge in [0.05, 0.1) is 0 Å². The van der Waals surface area contributed by atoms with Gasteiger partial charge in [-0.3, -0.25) is 4.79 Å². The quantitative estimate of drug-likeness (QED) is 0.613. The molecule has 1 saturated carbocycles. The van der Waals surface area contributed by atoms with E-state index in [0.717, 1.165) is 12.8 Å². The number of hydrogen-bond donors (Lipinski definition) is 3. The Bertz CT molecular complexity index is 289. The highest BCUT2D eigenvalue weighted by molar-refractivity contribution is 5.84. The number of nitrogens with two attached hydrogens (primary N) is 1. The van der Waals surface area contributed by atoms with Gasteiger partial charge in [0.15, 0.2) is 0 Å². The number of rotatable bonds is 7. The topological polar surface area (TPSA) is 92.4 Å². The minimum absolute atomic E-state index is 0.0754. The first-order valence-corrected chi connectivity index (χ1v) is 6.23. The highest BCUT2D eigenvalue weighted by Gasteiger charge is 2.31. The van der Waals surface area contributed by atoms with Crippen molar-refractivity contribution in [3.05, 3.63) is 0 Å². The fourth-order valence-electron chi connectivity index (χ4n) is 1.82. The summed E-state index contributed by atoms with van der Waals surface area (Å²) >= 11 is 0. The minimum Gasteiger partial charge on any atom is -0.480 e. The van der Waals surface area contributed by atoms with E-state index in [1.165, 1.54) is 0 Å².